The van der Waals surface area contributed by atoms with Crippen molar-refractivity contribution in [3.05, 3.63) is 0 Å². The first kappa shape index (κ1) is 15.9. The molecule has 0 saturated carbocycles. The van der Waals surface area contributed by atoms with Crippen LogP contribution in [0.2, 0.25) is 0 Å². The van der Waals surface area contributed by atoms with Crippen molar-refractivity contribution < 1.29 is 9.84 Å². The lowest BCUT2D eigenvalue weighted by molar-refractivity contribution is -0.0211. The van der Waals surface area contributed by atoms with Gasteiger partial charge in [-0.25, -0.2) is 0 Å². The fourth-order valence-corrected chi connectivity index (χ4v) is 1.43. The van der Waals surface area contributed by atoms with Crippen molar-refractivity contribution in [1.82, 2.24) is 0 Å². The SMILES string of the molecule is CCCCCCCCOCC(O)C(C)(C)C. The van der Waals surface area contributed by atoms with Gasteiger partial charge in [0.1, 0.15) is 0 Å². The van der Waals surface area contributed by atoms with Gasteiger partial charge in [0.25, 0.3) is 0 Å². The predicted octanol–water partition coefficient (Wildman–Crippen LogP) is 3.77. The molecular formula is C14H30O2. The van der Waals surface area contributed by atoms with Crippen molar-refractivity contribution in [3.8, 4) is 0 Å². The van der Waals surface area contributed by atoms with Crippen LogP contribution in [0.4, 0.5) is 0 Å². The minimum Gasteiger partial charge on any atom is -0.390 e. The number of aliphatic hydroxyl groups excluding tert-OH is 1. The highest BCUT2D eigenvalue weighted by Gasteiger charge is 2.21. The molecule has 1 atom stereocenters. The Morgan fingerprint density at radius 3 is 2.12 bits per heavy atom. The Bertz CT molecular complexity index is 149. The summed E-state index contributed by atoms with van der Waals surface area (Å²) in [7, 11) is 0. The van der Waals surface area contributed by atoms with E-state index in [1.54, 1.807) is 0 Å². The largest absolute Gasteiger partial charge is 0.390 e. The van der Waals surface area contributed by atoms with Gasteiger partial charge in [0.2, 0.25) is 0 Å². The summed E-state index contributed by atoms with van der Waals surface area (Å²) in [6.07, 6.45) is 7.34. The minimum absolute atomic E-state index is 0.0683. The highest BCUT2D eigenvalue weighted by atomic mass is 16.5. The summed E-state index contributed by atoms with van der Waals surface area (Å²) in [5.41, 5.74) is -0.0683. The van der Waals surface area contributed by atoms with Gasteiger partial charge in [-0.3, -0.25) is 0 Å². The molecule has 2 nitrogen and oxygen atoms in total. The van der Waals surface area contributed by atoms with Crippen molar-refractivity contribution in [2.45, 2.75) is 72.3 Å². The second-order valence-corrected chi connectivity index (χ2v) is 5.72. The zero-order chi connectivity index (χ0) is 12.4. The molecule has 0 radical (unpaired) electrons. The average molecular weight is 230 g/mol. The quantitative estimate of drug-likeness (QED) is 0.611. The normalized spacial score (nSPS) is 14.1. The summed E-state index contributed by atoms with van der Waals surface area (Å²) >= 11 is 0. The Labute approximate surface area is 101 Å². The summed E-state index contributed by atoms with van der Waals surface area (Å²) in [6.45, 7) is 9.60. The third-order valence-corrected chi connectivity index (χ3v) is 2.92. The molecule has 0 aliphatic heterocycles. The van der Waals surface area contributed by atoms with Gasteiger partial charge in [0.15, 0.2) is 0 Å². The van der Waals surface area contributed by atoms with Crippen molar-refractivity contribution >= 4 is 0 Å². The van der Waals surface area contributed by atoms with E-state index in [4.69, 9.17) is 4.74 Å². The molecular weight excluding hydrogens is 200 g/mol. The Hall–Kier alpha value is -0.0800. The number of hydrogen-bond acceptors (Lipinski definition) is 2. The van der Waals surface area contributed by atoms with Crippen molar-refractivity contribution in [2.24, 2.45) is 5.41 Å². The maximum absolute atomic E-state index is 9.73. The molecule has 0 aromatic heterocycles. The summed E-state index contributed by atoms with van der Waals surface area (Å²) in [6, 6.07) is 0. The van der Waals surface area contributed by atoms with E-state index in [1.807, 2.05) is 20.8 Å². The van der Waals surface area contributed by atoms with Crippen LogP contribution in [0.25, 0.3) is 0 Å². The zero-order valence-electron chi connectivity index (χ0n) is 11.6. The first-order valence-corrected chi connectivity index (χ1v) is 6.74. The molecule has 1 N–H and O–H groups in total. The number of hydrogen-bond donors (Lipinski definition) is 1. The standard InChI is InChI=1S/C14H30O2/c1-5-6-7-8-9-10-11-16-12-13(15)14(2,3)4/h13,15H,5-12H2,1-4H3. The van der Waals surface area contributed by atoms with Crippen molar-refractivity contribution in [3.63, 3.8) is 0 Å². The van der Waals surface area contributed by atoms with Crippen LogP contribution in [-0.2, 0) is 4.74 Å². The molecule has 2 heteroatoms. The van der Waals surface area contributed by atoms with Gasteiger partial charge >= 0.3 is 0 Å². The number of aliphatic hydroxyl groups is 1. The molecule has 0 fully saturated rings. The van der Waals surface area contributed by atoms with Gasteiger partial charge in [-0.1, -0.05) is 59.8 Å². The van der Waals surface area contributed by atoms with E-state index in [0.29, 0.717) is 6.61 Å². The van der Waals surface area contributed by atoms with Gasteiger partial charge < -0.3 is 9.84 Å². The molecule has 1 unspecified atom stereocenters. The molecule has 0 rings (SSSR count). The van der Waals surface area contributed by atoms with Gasteiger partial charge in [0.05, 0.1) is 12.7 Å². The molecule has 0 aliphatic rings. The third-order valence-electron chi connectivity index (χ3n) is 2.92. The number of ether oxygens (including phenoxy) is 1. The Balaban J connectivity index is 3.21. The lowest BCUT2D eigenvalue weighted by Gasteiger charge is -2.25. The van der Waals surface area contributed by atoms with E-state index in [-0.39, 0.29) is 11.5 Å². The Morgan fingerprint density at radius 2 is 1.56 bits per heavy atom. The van der Waals surface area contributed by atoms with Crippen molar-refractivity contribution in [1.29, 1.82) is 0 Å². The molecule has 0 aliphatic carbocycles. The van der Waals surface area contributed by atoms with Crippen LogP contribution in [0.1, 0.15) is 66.2 Å². The van der Waals surface area contributed by atoms with Crippen LogP contribution in [0.15, 0.2) is 0 Å². The van der Waals surface area contributed by atoms with Gasteiger partial charge in [-0.2, -0.15) is 0 Å². The van der Waals surface area contributed by atoms with Gasteiger partial charge in [-0.15, -0.1) is 0 Å². The summed E-state index contributed by atoms with van der Waals surface area (Å²) in [4.78, 5) is 0. The fourth-order valence-electron chi connectivity index (χ4n) is 1.43. The van der Waals surface area contributed by atoms with E-state index in [1.165, 1.54) is 32.1 Å². The van der Waals surface area contributed by atoms with Gasteiger partial charge in [-0.05, 0) is 11.8 Å². The molecule has 98 valence electrons. The zero-order valence-corrected chi connectivity index (χ0v) is 11.6. The van der Waals surface area contributed by atoms with Crippen LogP contribution >= 0.6 is 0 Å². The fraction of sp³-hybridized carbons (Fsp3) is 1.00. The summed E-state index contributed by atoms with van der Waals surface area (Å²) in [5.74, 6) is 0. The Morgan fingerprint density at radius 1 is 1.00 bits per heavy atom. The topological polar surface area (TPSA) is 29.5 Å². The monoisotopic (exact) mass is 230 g/mol. The van der Waals surface area contributed by atoms with Crippen molar-refractivity contribution in [2.75, 3.05) is 13.2 Å². The molecule has 0 aromatic rings. The van der Waals surface area contributed by atoms with Crippen LogP contribution < -0.4 is 0 Å². The smallest absolute Gasteiger partial charge is 0.0821 e. The Kier molecular flexibility index (Phi) is 8.96. The van der Waals surface area contributed by atoms with Crippen LogP contribution in [0.3, 0.4) is 0 Å². The lowest BCUT2D eigenvalue weighted by atomic mass is 9.90. The van der Waals surface area contributed by atoms with Crippen LogP contribution in [0, 0.1) is 5.41 Å². The van der Waals surface area contributed by atoms with E-state index in [9.17, 15) is 5.11 Å². The first-order valence-electron chi connectivity index (χ1n) is 6.74. The lowest BCUT2D eigenvalue weighted by Crippen LogP contribution is -2.30. The minimum atomic E-state index is -0.354. The second-order valence-electron chi connectivity index (χ2n) is 5.72. The van der Waals surface area contributed by atoms with Crippen LogP contribution in [-0.4, -0.2) is 24.4 Å². The molecule has 0 amide bonds. The van der Waals surface area contributed by atoms with E-state index < -0.39 is 0 Å². The predicted molar refractivity (Wildman–Crippen MR) is 69.7 cm³/mol. The first-order chi connectivity index (χ1) is 7.48. The summed E-state index contributed by atoms with van der Waals surface area (Å²) in [5, 5.41) is 9.73. The molecule has 16 heavy (non-hydrogen) atoms. The number of rotatable bonds is 9. The van der Waals surface area contributed by atoms with Crippen LogP contribution in [0.5, 0.6) is 0 Å². The second kappa shape index (κ2) is 9.00. The molecule has 0 aromatic carbocycles. The molecule has 0 spiro atoms. The number of unbranched alkanes of at least 4 members (excludes halogenated alkanes) is 5. The van der Waals surface area contributed by atoms with E-state index in [0.717, 1.165) is 13.0 Å². The maximum atomic E-state index is 9.73. The third kappa shape index (κ3) is 9.17. The van der Waals surface area contributed by atoms with E-state index in [2.05, 4.69) is 6.92 Å². The highest BCUT2D eigenvalue weighted by molar-refractivity contribution is 4.71. The maximum Gasteiger partial charge on any atom is 0.0821 e. The molecule has 0 saturated heterocycles. The van der Waals surface area contributed by atoms with Gasteiger partial charge in [0, 0.05) is 6.61 Å². The molecule has 0 heterocycles. The average Bonchev–Trinajstić information content (AvgIpc) is 2.20. The molecule has 0 bridgehead atoms. The highest BCUT2D eigenvalue weighted by Crippen LogP contribution is 2.19. The van der Waals surface area contributed by atoms with E-state index >= 15 is 0 Å². The summed E-state index contributed by atoms with van der Waals surface area (Å²) < 4.78 is 5.48.